The second kappa shape index (κ2) is 6.33. The lowest BCUT2D eigenvalue weighted by atomic mass is 9.78. The van der Waals surface area contributed by atoms with E-state index in [0.29, 0.717) is 12.1 Å². The summed E-state index contributed by atoms with van der Waals surface area (Å²) in [7, 11) is 0. The number of H-pyrrole nitrogens is 2. The molecule has 5 N–H and O–H groups in total. The molecule has 0 spiro atoms. The molecule has 1 aliphatic carbocycles. The Morgan fingerprint density at radius 3 is 2.85 bits per heavy atom. The van der Waals surface area contributed by atoms with E-state index in [9.17, 15) is 9.59 Å². The smallest absolute Gasteiger partial charge is 0.252 e. The van der Waals surface area contributed by atoms with E-state index < -0.39 is 0 Å². The number of nitrogens with zero attached hydrogens (tertiary/aromatic N) is 1. The Morgan fingerprint density at radius 1 is 1.31 bits per heavy atom. The number of benzene rings is 1. The average Bonchev–Trinajstić information content (AvgIpc) is 2.85. The lowest BCUT2D eigenvalue weighted by Gasteiger charge is -2.35. The number of carbonyl (C=O) groups is 1. The number of para-hydroxylation sites is 1. The minimum atomic E-state index is -0.241. The summed E-state index contributed by atoms with van der Waals surface area (Å²) in [6.07, 6.45) is 1.90. The largest absolute Gasteiger partial charge is 0.369 e. The van der Waals surface area contributed by atoms with E-state index in [1.807, 2.05) is 31.2 Å². The van der Waals surface area contributed by atoms with E-state index in [4.69, 9.17) is 5.73 Å². The molecule has 7 heteroatoms. The van der Waals surface area contributed by atoms with Crippen LogP contribution in [0, 0.1) is 6.92 Å². The number of amides is 1. The van der Waals surface area contributed by atoms with Crippen LogP contribution >= 0.6 is 0 Å². The van der Waals surface area contributed by atoms with Crippen LogP contribution in [0.2, 0.25) is 0 Å². The average molecular weight is 351 g/mol. The van der Waals surface area contributed by atoms with Gasteiger partial charge in [0.1, 0.15) is 0 Å². The predicted molar refractivity (Wildman–Crippen MR) is 99.9 cm³/mol. The Labute approximate surface area is 150 Å². The Hall–Kier alpha value is -3.09. The third kappa shape index (κ3) is 3.08. The number of nitrogen functional groups attached to an aromatic ring is 1. The number of nitrogens with two attached hydrogens (primary N) is 1. The fraction of sp³-hybridized carbons (Fsp3) is 0.316. The maximum Gasteiger partial charge on any atom is 0.252 e. The quantitative estimate of drug-likeness (QED) is 0.573. The van der Waals surface area contributed by atoms with Gasteiger partial charge in [0.15, 0.2) is 0 Å². The maximum atomic E-state index is 12.4. The van der Waals surface area contributed by atoms with E-state index in [2.05, 4.69) is 20.3 Å². The van der Waals surface area contributed by atoms with E-state index in [1.54, 1.807) is 0 Å². The maximum absolute atomic E-state index is 12.4. The molecule has 1 saturated carbocycles. The molecular formula is C19H21N5O2. The zero-order valence-corrected chi connectivity index (χ0v) is 14.5. The Morgan fingerprint density at radius 2 is 2.08 bits per heavy atom. The molecular weight excluding hydrogens is 330 g/mol. The molecule has 1 aliphatic rings. The van der Waals surface area contributed by atoms with Crippen LogP contribution in [0.3, 0.4) is 0 Å². The summed E-state index contributed by atoms with van der Waals surface area (Å²) in [4.78, 5) is 33.9. The summed E-state index contributed by atoms with van der Waals surface area (Å²) in [5, 5.41) is 4.17. The molecule has 134 valence electrons. The van der Waals surface area contributed by atoms with Gasteiger partial charge in [0.05, 0.1) is 12.1 Å². The summed E-state index contributed by atoms with van der Waals surface area (Å²) in [6.45, 7) is 1.99. The summed E-state index contributed by atoms with van der Waals surface area (Å²) in [5.41, 5.74) is 9.16. The van der Waals surface area contributed by atoms with Crippen LogP contribution in [0.25, 0.3) is 10.9 Å². The Kier molecular flexibility index (Phi) is 3.99. The summed E-state index contributed by atoms with van der Waals surface area (Å²) in [5.74, 6) is 0.314. The molecule has 1 amide bonds. The van der Waals surface area contributed by atoms with Gasteiger partial charge in [0.2, 0.25) is 11.9 Å². The van der Waals surface area contributed by atoms with Gasteiger partial charge in [-0.1, -0.05) is 18.2 Å². The highest BCUT2D eigenvalue weighted by molar-refractivity contribution is 5.90. The lowest BCUT2D eigenvalue weighted by molar-refractivity contribution is -0.121. The summed E-state index contributed by atoms with van der Waals surface area (Å²) >= 11 is 0. The molecule has 1 aromatic carbocycles. The van der Waals surface area contributed by atoms with Crippen molar-refractivity contribution in [1.29, 1.82) is 0 Å². The van der Waals surface area contributed by atoms with Crippen LogP contribution in [0.4, 0.5) is 5.95 Å². The monoisotopic (exact) mass is 351 g/mol. The number of hydrogen-bond acceptors (Lipinski definition) is 4. The second-order valence-corrected chi connectivity index (χ2v) is 6.94. The van der Waals surface area contributed by atoms with Crippen LogP contribution < -0.4 is 16.6 Å². The topological polar surface area (TPSA) is 117 Å². The Bertz CT molecular complexity index is 1030. The number of aromatic amines is 2. The van der Waals surface area contributed by atoms with Crippen molar-refractivity contribution in [3.63, 3.8) is 0 Å². The van der Waals surface area contributed by atoms with Gasteiger partial charge in [-0.2, -0.15) is 0 Å². The van der Waals surface area contributed by atoms with E-state index in [0.717, 1.165) is 35.0 Å². The number of aromatic nitrogens is 3. The zero-order chi connectivity index (χ0) is 18.3. The van der Waals surface area contributed by atoms with E-state index in [-0.39, 0.29) is 29.4 Å². The number of carbonyl (C=O) groups excluding carboxylic acids is 1. The molecule has 0 unspecified atom stereocenters. The Balaban J connectivity index is 1.38. The van der Waals surface area contributed by atoms with Crippen molar-refractivity contribution >= 4 is 22.8 Å². The molecule has 1 fully saturated rings. The fourth-order valence-corrected chi connectivity index (χ4v) is 3.68. The molecule has 0 radical (unpaired) electrons. The number of aryl methyl sites for hydroxylation is 1. The molecule has 4 rings (SSSR count). The molecule has 2 heterocycles. The standard InChI is InChI=1S/C19H21N5O2/c1-10-14(13-4-2-3-5-15(13)21-10)8-17(25)22-12-6-11(7-12)16-9-18(26)24-19(20)23-16/h2-5,9,11-12,21H,6-8H2,1H3,(H,22,25)(H3,20,23,24,26). The first-order valence-corrected chi connectivity index (χ1v) is 8.72. The van der Waals surface area contributed by atoms with Gasteiger partial charge in [-0.25, -0.2) is 4.98 Å². The molecule has 0 aliphatic heterocycles. The predicted octanol–water partition coefficient (Wildman–Crippen LogP) is 1.75. The van der Waals surface area contributed by atoms with Crippen LogP contribution in [0.15, 0.2) is 35.1 Å². The second-order valence-electron chi connectivity index (χ2n) is 6.94. The summed E-state index contributed by atoms with van der Waals surface area (Å²) in [6, 6.07) is 9.60. The molecule has 26 heavy (non-hydrogen) atoms. The molecule has 0 saturated heterocycles. The molecule has 0 atom stereocenters. The van der Waals surface area contributed by atoms with Crippen molar-refractivity contribution in [2.24, 2.45) is 0 Å². The molecule has 0 bridgehead atoms. The van der Waals surface area contributed by atoms with Crippen molar-refractivity contribution in [1.82, 2.24) is 20.3 Å². The van der Waals surface area contributed by atoms with Gasteiger partial charge in [-0.15, -0.1) is 0 Å². The fourth-order valence-electron chi connectivity index (χ4n) is 3.68. The third-order valence-corrected chi connectivity index (χ3v) is 5.07. The first kappa shape index (κ1) is 16.4. The minimum absolute atomic E-state index is 0.0136. The van der Waals surface area contributed by atoms with Crippen molar-refractivity contribution in [3.8, 4) is 0 Å². The molecule has 2 aromatic heterocycles. The third-order valence-electron chi connectivity index (χ3n) is 5.07. The number of anilines is 1. The SMILES string of the molecule is Cc1[nH]c2ccccc2c1CC(=O)NC1CC(c2cc(=O)[nH]c(N)n2)C1. The van der Waals surface area contributed by atoms with Crippen LogP contribution in [0.5, 0.6) is 0 Å². The number of fused-ring (bicyclic) bond motifs is 1. The normalized spacial score (nSPS) is 19.3. The van der Waals surface area contributed by atoms with Crippen LogP contribution in [0.1, 0.15) is 35.7 Å². The summed E-state index contributed by atoms with van der Waals surface area (Å²) < 4.78 is 0. The highest BCUT2D eigenvalue weighted by Crippen LogP contribution is 2.35. The van der Waals surface area contributed by atoms with Gasteiger partial charge < -0.3 is 16.0 Å². The molecule has 7 nitrogen and oxygen atoms in total. The van der Waals surface area contributed by atoms with Crippen molar-refractivity contribution in [2.45, 2.75) is 38.1 Å². The van der Waals surface area contributed by atoms with Gasteiger partial charge in [-0.3, -0.25) is 14.6 Å². The highest BCUT2D eigenvalue weighted by Gasteiger charge is 2.32. The first-order valence-electron chi connectivity index (χ1n) is 8.72. The van der Waals surface area contributed by atoms with Crippen molar-refractivity contribution in [2.75, 3.05) is 5.73 Å². The number of rotatable bonds is 4. The van der Waals surface area contributed by atoms with Crippen LogP contribution in [-0.4, -0.2) is 26.9 Å². The van der Waals surface area contributed by atoms with E-state index in [1.165, 1.54) is 6.07 Å². The van der Waals surface area contributed by atoms with Crippen molar-refractivity contribution < 1.29 is 4.79 Å². The van der Waals surface area contributed by atoms with Crippen molar-refractivity contribution in [3.05, 3.63) is 57.6 Å². The minimum Gasteiger partial charge on any atom is -0.369 e. The van der Waals surface area contributed by atoms with Gasteiger partial charge in [0.25, 0.3) is 5.56 Å². The van der Waals surface area contributed by atoms with Crippen LogP contribution in [-0.2, 0) is 11.2 Å². The van der Waals surface area contributed by atoms with Gasteiger partial charge in [-0.05, 0) is 31.4 Å². The number of nitrogens with one attached hydrogen (secondary N) is 3. The molecule has 3 aromatic rings. The first-order chi connectivity index (χ1) is 12.5. The van der Waals surface area contributed by atoms with E-state index >= 15 is 0 Å². The van der Waals surface area contributed by atoms with Gasteiger partial charge >= 0.3 is 0 Å². The number of hydrogen-bond donors (Lipinski definition) is 4. The lowest BCUT2D eigenvalue weighted by Crippen LogP contribution is -2.44. The van der Waals surface area contributed by atoms with Gasteiger partial charge in [0, 0.05) is 34.6 Å². The highest BCUT2D eigenvalue weighted by atomic mass is 16.1. The zero-order valence-electron chi connectivity index (χ0n) is 14.5.